The summed E-state index contributed by atoms with van der Waals surface area (Å²) >= 11 is 0. The smallest absolute Gasteiger partial charge is 0.401 e. The maximum atomic E-state index is 12.2. The average molecular weight is 257 g/mol. The summed E-state index contributed by atoms with van der Waals surface area (Å²) in [5, 5.41) is 2.20. The summed E-state index contributed by atoms with van der Waals surface area (Å²) in [6, 6.07) is 0. The quantitative estimate of drug-likeness (QED) is 0.730. The lowest BCUT2D eigenvalue weighted by Crippen LogP contribution is -2.61. The molecule has 0 bridgehead atoms. The van der Waals surface area contributed by atoms with Gasteiger partial charge in [-0.05, 0) is 5.92 Å². The van der Waals surface area contributed by atoms with Crippen molar-refractivity contribution in [3.8, 4) is 0 Å². The van der Waals surface area contributed by atoms with Gasteiger partial charge in [-0.2, -0.15) is 13.2 Å². The summed E-state index contributed by atoms with van der Waals surface area (Å²) in [7, 11) is 2.44. The second-order valence-corrected chi connectivity index (χ2v) is 4.02. The summed E-state index contributed by atoms with van der Waals surface area (Å²) in [5.74, 6) is -1.17. The molecule has 0 saturated heterocycles. The predicted molar refractivity (Wildman–Crippen MR) is 55.5 cm³/mol. The molecule has 0 saturated carbocycles. The zero-order valence-electron chi connectivity index (χ0n) is 10.4. The summed E-state index contributed by atoms with van der Waals surface area (Å²) in [4.78, 5) is 11.7. The molecule has 17 heavy (non-hydrogen) atoms. The van der Waals surface area contributed by atoms with Crippen LogP contribution < -0.4 is 5.32 Å². The van der Waals surface area contributed by atoms with Crippen LogP contribution in [0.25, 0.3) is 0 Å². The number of nitrogens with one attached hydrogen (secondary N) is 1. The molecule has 1 unspecified atom stereocenters. The van der Waals surface area contributed by atoms with Gasteiger partial charge in [0.1, 0.15) is 5.54 Å². The van der Waals surface area contributed by atoms with Crippen LogP contribution >= 0.6 is 0 Å². The molecule has 0 fully saturated rings. The van der Waals surface area contributed by atoms with Crippen molar-refractivity contribution < 1.29 is 27.4 Å². The molecule has 0 aliphatic heterocycles. The van der Waals surface area contributed by atoms with Gasteiger partial charge < -0.3 is 9.47 Å². The summed E-state index contributed by atoms with van der Waals surface area (Å²) in [6.07, 6.45) is -4.40. The standard InChI is InChI=1S/C10H18F3NO3/c1-7(2)9(6-16-3,8(15)17-4)14-5-10(11,12)13/h7,14H,5-6H2,1-4H3. The Labute approximate surface area is 98.5 Å². The Balaban J connectivity index is 4.98. The number of alkyl halides is 3. The Hall–Kier alpha value is -0.820. The minimum Gasteiger partial charge on any atom is -0.468 e. The molecule has 4 nitrogen and oxygen atoms in total. The third-order valence-corrected chi connectivity index (χ3v) is 2.51. The molecule has 1 atom stereocenters. The highest BCUT2D eigenvalue weighted by atomic mass is 19.4. The number of ether oxygens (including phenoxy) is 2. The summed E-state index contributed by atoms with van der Waals surface area (Å²) in [6.45, 7) is 1.79. The third-order valence-electron chi connectivity index (χ3n) is 2.51. The number of carbonyl (C=O) groups is 1. The Morgan fingerprint density at radius 2 is 1.82 bits per heavy atom. The second-order valence-electron chi connectivity index (χ2n) is 4.02. The molecule has 0 heterocycles. The molecule has 0 spiro atoms. The Kier molecular flexibility index (Phi) is 5.91. The van der Waals surface area contributed by atoms with Gasteiger partial charge in [-0.1, -0.05) is 13.8 Å². The highest BCUT2D eigenvalue weighted by Gasteiger charge is 2.45. The first-order valence-electron chi connectivity index (χ1n) is 5.08. The summed E-state index contributed by atoms with van der Waals surface area (Å²) in [5.41, 5.74) is -1.49. The predicted octanol–water partition coefficient (Wildman–Crippen LogP) is 1.35. The highest BCUT2D eigenvalue weighted by molar-refractivity contribution is 5.81. The molecule has 0 rings (SSSR count). The molecule has 0 aliphatic carbocycles. The van der Waals surface area contributed by atoms with E-state index in [9.17, 15) is 18.0 Å². The van der Waals surface area contributed by atoms with Crippen LogP contribution in [0.5, 0.6) is 0 Å². The van der Waals surface area contributed by atoms with E-state index in [2.05, 4.69) is 10.1 Å². The molecule has 0 aromatic heterocycles. The van der Waals surface area contributed by atoms with E-state index in [1.54, 1.807) is 13.8 Å². The van der Waals surface area contributed by atoms with Crippen molar-refractivity contribution >= 4 is 5.97 Å². The van der Waals surface area contributed by atoms with Crippen LogP contribution in [0.3, 0.4) is 0 Å². The maximum Gasteiger partial charge on any atom is 0.401 e. The van der Waals surface area contributed by atoms with Gasteiger partial charge in [0.2, 0.25) is 0 Å². The SMILES string of the molecule is COCC(NCC(F)(F)F)(C(=O)OC)C(C)C. The molecule has 102 valence electrons. The number of rotatable bonds is 6. The lowest BCUT2D eigenvalue weighted by atomic mass is 9.87. The first-order chi connectivity index (χ1) is 7.69. The van der Waals surface area contributed by atoms with Gasteiger partial charge in [0.05, 0.1) is 20.3 Å². The molecule has 0 amide bonds. The van der Waals surface area contributed by atoms with E-state index in [0.29, 0.717) is 0 Å². The van der Waals surface area contributed by atoms with Crippen molar-refractivity contribution in [3.05, 3.63) is 0 Å². The van der Waals surface area contributed by atoms with E-state index < -0.39 is 30.1 Å². The third kappa shape index (κ3) is 4.51. The van der Waals surface area contributed by atoms with Gasteiger partial charge in [-0.25, -0.2) is 4.79 Å². The fourth-order valence-electron chi connectivity index (χ4n) is 1.46. The van der Waals surface area contributed by atoms with Crippen LogP contribution in [0.2, 0.25) is 0 Å². The number of halogens is 3. The molecule has 0 aromatic carbocycles. The van der Waals surface area contributed by atoms with E-state index in [-0.39, 0.29) is 6.61 Å². The van der Waals surface area contributed by atoms with Gasteiger partial charge in [0.25, 0.3) is 0 Å². The molecule has 1 N–H and O–H groups in total. The van der Waals surface area contributed by atoms with Crippen molar-refractivity contribution in [3.63, 3.8) is 0 Å². The van der Waals surface area contributed by atoms with Crippen molar-refractivity contribution in [1.29, 1.82) is 0 Å². The number of esters is 1. The normalized spacial score (nSPS) is 15.8. The minimum atomic E-state index is -4.40. The lowest BCUT2D eigenvalue weighted by molar-refractivity contribution is -0.159. The molecule has 0 aliphatic rings. The fraction of sp³-hybridized carbons (Fsp3) is 0.900. The lowest BCUT2D eigenvalue weighted by Gasteiger charge is -2.35. The Morgan fingerprint density at radius 3 is 2.12 bits per heavy atom. The zero-order valence-corrected chi connectivity index (χ0v) is 10.4. The molecule has 0 radical (unpaired) electrons. The Morgan fingerprint density at radius 1 is 1.29 bits per heavy atom. The second kappa shape index (κ2) is 6.20. The number of hydrogen-bond donors (Lipinski definition) is 1. The van der Waals surface area contributed by atoms with Gasteiger partial charge in [0.15, 0.2) is 0 Å². The van der Waals surface area contributed by atoms with E-state index in [4.69, 9.17) is 4.74 Å². The van der Waals surface area contributed by atoms with Crippen LogP contribution in [0.15, 0.2) is 0 Å². The first-order valence-corrected chi connectivity index (χ1v) is 5.08. The van der Waals surface area contributed by atoms with E-state index >= 15 is 0 Å². The van der Waals surface area contributed by atoms with E-state index in [1.165, 1.54) is 7.11 Å². The number of carbonyl (C=O) groups excluding carboxylic acids is 1. The van der Waals surface area contributed by atoms with E-state index in [1.807, 2.05) is 0 Å². The van der Waals surface area contributed by atoms with Crippen molar-refractivity contribution in [2.45, 2.75) is 25.6 Å². The van der Waals surface area contributed by atoms with Crippen LogP contribution in [0, 0.1) is 5.92 Å². The zero-order chi connectivity index (χ0) is 13.7. The van der Waals surface area contributed by atoms with Crippen molar-refractivity contribution in [1.82, 2.24) is 5.32 Å². The van der Waals surface area contributed by atoms with Crippen LogP contribution in [0.4, 0.5) is 13.2 Å². The van der Waals surface area contributed by atoms with E-state index in [0.717, 1.165) is 7.11 Å². The van der Waals surface area contributed by atoms with Gasteiger partial charge in [-0.15, -0.1) is 0 Å². The highest BCUT2D eigenvalue weighted by Crippen LogP contribution is 2.22. The number of methoxy groups -OCH3 is 2. The molecular weight excluding hydrogens is 239 g/mol. The van der Waals surface area contributed by atoms with Crippen molar-refractivity contribution in [2.24, 2.45) is 5.92 Å². The van der Waals surface area contributed by atoms with Crippen LogP contribution in [-0.4, -0.2) is 45.1 Å². The fourth-order valence-corrected chi connectivity index (χ4v) is 1.46. The van der Waals surface area contributed by atoms with Gasteiger partial charge in [-0.3, -0.25) is 5.32 Å². The van der Waals surface area contributed by atoms with Crippen LogP contribution in [-0.2, 0) is 14.3 Å². The molecular formula is C10H18F3NO3. The minimum absolute atomic E-state index is 0.187. The molecule has 0 aromatic rings. The van der Waals surface area contributed by atoms with Crippen LogP contribution in [0.1, 0.15) is 13.8 Å². The van der Waals surface area contributed by atoms with Gasteiger partial charge >= 0.3 is 12.1 Å². The largest absolute Gasteiger partial charge is 0.468 e. The van der Waals surface area contributed by atoms with Gasteiger partial charge in [0, 0.05) is 7.11 Å². The number of hydrogen-bond acceptors (Lipinski definition) is 4. The first kappa shape index (κ1) is 16.2. The average Bonchev–Trinajstić information content (AvgIpc) is 2.21. The maximum absolute atomic E-state index is 12.2. The van der Waals surface area contributed by atoms with Crippen molar-refractivity contribution in [2.75, 3.05) is 27.4 Å². The monoisotopic (exact) mass is 257 g/mol. The summed E-state index contributed by atoms with van der Waals surface area (Å²) < 4.78 is 46.0. The topological polar surface area (TPSA) is 47.6 Å². The Bertz CT molecular complexity index is 256. The molecule has 7 heteroatoms.